The zero-order chi connectivity index (χ0) is 13.2. The molecule has 8 heteroatoms. The maximum Gasteiger partial charge on any atom is 0.444 e. The molecule has 0 heterocycles. The van der Waals surface area contributed by atoms with E-state index >= 15 is 0 Å². The molecule has 0 saturated heterocycles. The summed E-state index contributed by atoms with van der Waals surface area (Å²) in [6, 6.07) is 3.65. The number of benzene rings is 1. The van der Waals surface area contributed by atoms with Crippen LogP contribution >= 0.6 is 11.6 Å². The third-order valence-corrected chi connectivity index (χ3v) is 2.08. The van der Waals surface area contributed by atoms with Gasteiger partial charge >= 0.3 is 6.18 Å². The highest BCUT2D eigenvalue weighted by atomic mass is 35.5. The van der Waals surface area contributed by atoms with Gasteiger partial charge in [0.15, 0.2) is 0 Å². The van der Waals surface area contributed by atoms with Crippen molar-refractivity contribution in [3.05, 3.63) is 33.9 Å². The lowest BCUT2D eigenvalue weighted by atomic mass is 10.2. The number of hydrogen-bond acceptors (Lipinski definition) is 3. The van der Waals surface area contributed by atoms with Crippen LogP contribution < -0.4 is 0 Å². The van der Waals surface area contributed by atoms with E-state index in [0.29, 0.717) is 5.56 Å². The molecule has 0 amide bonds. The maximum absolute atomic E-state index is 12.1. The molecule has 0 radical (unpaired) electrons. The van der Waals surface area contributed by atoms with E-state index in [1.165, 1.54) is 6.07 Å². The van der Waals surface area contributed by atoms with Gasteiger partial charge in [-0.15, -0.1) is 0 Å². The predicted molar refractivity (Wildman–Crippen MR) is 56.8 cm³/mol. The van der Waals surface area contributed by atoms with E-state index in [0.717, 1.165) is 12.1 Å². The number of aryl methyl sites for hydroxylation is 1. The van der Waals surface area contributed by atoms with Crippen LogP contribution in [0.4, 0.5) is 24.5 Å². The summed E-state index contributed by atoms with van der Waals surface area (Å²) in [5, 5.41) is 8.97. The summed E-state index contributed by atoms with van der Waals surface area (Å²) in [6.07, 6.45) is -4.82. The molecule has 0 aliphatic rings. The summed E-state index contributed by atoms with van der Waals surface area (Å²) in [5.74, 6) is 0. The Morgan fingerprint density at radius 1 is 1.47 bits per heavy atom. The minimum atomic E-state index is -4.82. The summed E-state index contributed by atoms with van der Waals surface area (Å²) in [5.41, 5.74) is -0.408. The van der Waals surface area contributed by atoms with E-state index in [1.807, 2.05) is 0 Å². The van der Waals surface area contributed by atoms with Gasteiger partial charge in [0.2, 0.25) is 5.17 Å². The van der Waals surface area contributed by atoms with Crippen LogP contribution in [0.2, 0.25) is 0 Å². The number of nitro groups is 1. The fraction of sp³-hybridized carbons (Fsp3) is 0.222. The molecule has 0 unspecified atom stereocenters. The molecule has 1 rings (SSSR count). The van der Waals surface area contributed by atoms with Crippen LogP contribution in [-0.2, 0) is 0 Å². The first-order valence-corrected chi connectivity index (χ1v) is 4.66. The van der Waals surface area contributed by atoms with Gasteiger partial charge in [-0.3, -0.25) is 10.1 Å². The minimum absolute atomic E-state index is 0.428. The summed E-state index contributed by atoms with van der Waals surface area (Å²) in [6.45, 7) is 1.58. The molecule has 0 bridgehead atoms. The van der Waals surface area contributed by atoms with Crippen LogP contribution in [0.25, 0.3) is 0 Å². The Hall–Kier alpha value is -1.63. The van der Waals surface area contributed by atoms with Gasteiger partial charge in [0.05, 0.1) is 4.92 Å². The molecule has 17 heavy (non-hydrogen) atoms. The van der Waals surface area contributed by atoms with Crippen molar-refractivity contribution in [3.8, 4) is 0 Å². The molecule has 0 atom stereocenters. The van der Waals surface area contributed by atoms with Crippen LogP contribution in [0.3, 0.4) is 0 Å². The van der Waals surface area contributed by atoms with Crippen molar-refractivity contribution >= 4 is 28.1 Å². The van der Waals surface area contributed by atoms with Crippen molar-refractivity contribution in [2.45, 2.75) is 13.1 Å². The lowest BCUT2D eigenvalue weighted by molar-refractivity contribution is -0.384. The SMILES string of the molecule is Cc1ccc(N=C(Cl)C(F)(F)F)c([N+](=O)[O-])c1. The molecule has 92 valence electrons. The van der Waals surface area contributed by atoms with Crippen molar-refractivity contribution in [1.82, 2.24) is 0 Å². The smallest absolute Gasteiger partial charge is 0.258 e. The van der Waals surface area contributed by atoms with Gasteiger partial charge in [0.25, 0.3) is 5.69 Å². The summed E-state index contributed by atoms with van der Waals surface area (Å²) in [4.78, 5) is 12.8. The third-order valence-electron chi connectivity index (χ3n) is 1.78. The van der Waals surface area contributed by atoms with E-state index in [1.54, 1.807) is 6.92 Å². The van der Waals surface area contributed by atoms with Crippen molar-refractivity contribution in [1.29, 1.82) is 0 Å². The van der Waals surface area contributed by atoms with Crippen LogP contribution in [0.1, 0.15) is 5.56 Å². The minimum Gasteiger partial charge on any atom is -0.258 e. The second kappa shape index (κ2) is 4.70. The van der Waals surface area contributed by atoms with E-state index < -0.39 is 27.6 Å². The van der Waals surface area contributed by atoms with Gasteiger partial charge in [-0.05, 0) is 18.6 Å². The standard InChI is InChI=1S/C9H6ClF3N2O2/c1-5-2-3-6(7(4-5)15(16)17)14-8(10)9(11,12)13/h2-4H,1H3. The summed E-state index contributed by atoms with van der Waals surface area (Å²) >= 11 is 4.91. The van der Waals surface area contributed by atoms with E-state index in [9.17, 15) is 23.3 Å². The number of halogens is 4. The number of nitro benzene ring substituents is 1. The quantitative estimate of drug-likeness (QED) is 0.465. The van der Waals surface area contributed by atoms with E-state index in [-0.39, 0.29) is 0 Å². The van der Waals surface area contributed by atoms with Crippen LogP contribution in [-0.4, -0.2) is 16.3 Å². The second-order valence-corrected chi connectivity index (χ2v) is 3.51. The molecule has 0 aliphatic carbocycles. The van der Waals surface area contributed by atoms with Crippen molar-refractivity contribution < 1.29 is 18.1 Å². The van der Waals surface area contributed by atoms with Gasteiger partial charge in [-0.2, -0.15) is 13.2 Å². The zero-order valence-electron chi connectivity index (χ0n) is 8.45. The zero-order valence-corrected chi connectivity index (χ0v) is 9.21. The first kappa shape index (κ1) is 13.4. The normalized spacial score (nSPS) is 12.6. The molecular formula is C9H6ClF3N2O2. The predicted octanol–water partition coefficient (Wildman–Crippen LogP) is 3.73. The Kier molecular flexibility index (Phi) is 3.72. The highest BCUT2D eigenvalue weighted by Crippen LogP contribution is 2.31. The van der Waals surface area contributed by atoms with Crippen molar-refractivity contribution in [2.24, 2.45) is 4.99 Å². The number of aliphatic imine (C=N–C) groups is 1. The topological polar surface area (TPSA) is 55.5 Å². The molecule has 0 aromatic heterocycles. The molecular weight excluding hydrogens is 261 g/mol. The number of nitrogens with zero attached hydrogens (tertiary/aromatic N) is 2. The Morgan fingerprint density at radius 3 is 2.53 bits per heavy atom. The number of alkyl halides is 3. The highest BCUT2D eigenvalue weighted by molar-refractivity contribution is 6.67. The second-order valence-electron chi connectivity index (χ2n) is 3.15. The van der Waals surface area contributed by atoms with Gasteiger partial charge in [0, 0.05) is 6.07 Å². The molecule has 0 fully saturated rings. The average Bonchev–Trinajstić information content (AvgIpc) is 2.18. The van der Waals surface area contributed by atoms with E-state index in [2.05, 4.69) is 4.99 Å². The van der Waals surface area contributed by atoms with Gasteiger partial charge in [-0.1, -0.05) is 17.7 Å². The monoisotopic (exact) mass is 266 g/mol. The number of rotatable bonds is 2. The Bertz CT molecular complexity index is 486. The molecule has 1 aromatic rings. The lowest BCUT2D eigenvalue weighted by Gasteiger charge is -2.04. The summed E-state index contributed by atoms with van der Waals surface area (Å²) in [7, 11) is 0. The Morgan fingerprint density at radius 2 is 2.06 bits per heavy atom. The molecule has 1 aromatic carbocycles. The Balaban J connectivity index is 3.28. The first-order chi connectivity index (χ1) is 7.71. The molecule has 4 nitrogen and oxygen atoms in total. The van der Waals surface area contributed by atoms with Crippen molar-refractivity contribution in [3.63, 3.8) is 0 Å². The maximum atomic E-state index is 12.1. The van der Waals surface area contributed by atoms with Gasteiger partial charge in [0.1, 0.15) is 5.69 Å². The third kappa shape index (κ3) is 3.42. The number of hydrogen-bond donors (Lipinski definition) is 0. The largest absolute Gasteiger partial charge is 0.444 e. The molecule has 0 N–H and O–H groups in total. The summed E-state index contributed by atoms with van der Waals surface area (Å²) < 4.78 is 36.3. The first-order valence-electron chi connectivity index (χ1n) is 4.28. The van der Waals surface area contributed by atoms with Gasteiger partial charge < -0.3 is 0 Å². The average molecular weight is 267 g/mol. The highest BCUT2D eigenvalue weighted by Gasteiger charge is 2.35. The van der Waals surface area contributed by atoms with Crippen molar-refractivity contribution in [2.75, 3.05) is 0 Å². The van der Waals surface area contributed by atoms with Gasteiger partial charge in [-0.25, -0.2) is 4.99 Å². The van der Waals surface area contributed by atoms with Crippen LogP contribution in [0.15, 0.2) is 23.2 Å². The fourth-order valence-electron chi connectivity index (χ4n) is 1.04. The Labute approximate surface area is 98.9 Å². The van der Waals surface area contributed by atoms with Crippen LogP contribution in [0, 0.1) is 17.0 Å². The van der Waals surface area contributed by atoms with Crippen LogP contribution in [0.5, 0.6) is 0 Å². The van der Waals surface area contributed by atoms with E-state index in [4.69, 9.17) is 11.6 Å². The molecule has 0 spiro atoms. The molecule has 0 saturated carbocycles. The lowest BCUT2D eigenvalue weighted by Crippen LogP contribution is -2.16. The molecule has 0 aliphatic heterocycles. The fourth-order valence-corrected chi connectivity index (χ4v) is 1.13.